The first kappa shape index (κ1) is 18.5. The molecule has 1 aliphatic carbocycles. The zero-order valence-corrected chi connectivity index (χ0v) is 15.9. The van der Waals surface area contributed by atoms with E-state index in [0.717, 1.165) is 70.1 Å². The molecule has 3 heterocycles. The van der Waals surface area contributed by atoms with Gasteiger partial charge in [-0.1, -0.05) is 49.3 Å². The number of ether oxygens (including phenoxy) is 1. The van der Waals surface area contributed by atoms with Crippen LogP contribution in [0.2, 0.25) is 0 Å². The maximum atomic E-state index is 13.1. The van der Waals surface area contributed by atoms with Crippen LogP contribution in [0.3, 0.4) is 0 Å². The Morgan fingerprint density at radius 2 is 1.78 bits per heavy atom. The predicted molar refractivity (Wildman–Crippen MR) is 104 cm³/mol. The van der Waals surface area contributed by atoms with Crippen molar-refractivity contribution >= 4 is 5.97 Å². The number of nitrogens with zero attached hydrogens (tertiary/aromatic N) is 1. The molecule has 144 valence electrons. The number of hydrogen-bond acceptors (Lipinski definition) is 4. The van der Waals surface area contributed by atoms with E-state index < -0.39 is 11.6 Å². The highest BCUT2D eigenvalue weighted by molar-refractivity contribution is 5.84. The van der Waals surface area contributed by atoms with Crippen molar-refractivity contribution in [3.05, 3.63) is 35.9 Å². The molecule has 5 rings (SSSR count). The van der Waals surface area contributed by atoms with Crippen molar-refractivity contribution in [2.75, 3.05) is 19.6 Å². The number of aliphatic hydroxyl groups is 1. The third kappa shape index (κ3) is 4.05. The summed E-state index contributed by atoms with van der Waals surface area (Å²) in [5.41, 5.74) is -0.898. The van der Waals surface area contributed by atoms with Crippen molar-refractivity contribution in [2.24, 2.45) is 11.8 Å². The lowest BCUT2D eigenvalue weighted by molar-refractivity contribution is -0.180. The van der Waals surface area contributed by atoms with Gasteiger partial charge in [-0.05, 0) is 56.8 Å². The molecule has 1 aromatic carbocycles. The SMILES string of the molecule is O=C(OC1CN2CCC1CC2)C(O)(C#Cc1ccccc1)C1CCCCC1. The van der Waals surface area contributed by atoms with Gasteiger partial charge in [0.1, 0.15) is 6.10 Å². The zero-order chi connectivity index (χ0) is 18.7. The molecule has 1 N–H and O–H groups in total. The van der Waals surface area contributed by atoms with Crippen molar-refractivity contribution in [3.8, 4) is 11.8 Å². The number of piperidine rings is 3. The second-order valence-electron chi connectivity index (χ2n) is 8.30. The number of esters is 1. The van der Waals surface area contributed by atoms with E-state index in [1.54, 1.807) is 0 Å². The molecule has 4 nitrogen and oxygen atoms in total. The van der Waals surface area contributed by atoms with Gasteiger partial charge in [-0.25, -0.2) is 4.79 Å². The van der Waals surface area contributed by atoms with Gasteiger partial charge in [0.2, 0.25) is 5.60 Å². The zero-order valence-electron chi connectivity index (χ0n) is 15.9. The van der Waals surface area contributed by atoms with Crippen LogP contribution < -0.4 is 0 Å². The van der Waals surface area contributed by atoms with Crippen LogP contribution in [0.5, 0.6) is 0 Å². The molecule has 1 saturated carbocycles. The lowest BCUT2D eigenvalue weighted by atomic mass is 9.77. The van der Waals surface area contributed by atoms with Crippen molar-refractivity contribution < 1.29 is 14.6 Å². The van der Waals surface area contributed by atoms with E-state index in [2.05, 4.69) is 16.7 Å². The summed E-state index contributed by atoms with van der Waals surface area (Å²) in [6.07, 6.45) is 6.94. The molecule has 4 heteroatoms. The average molecular weight is 367 g/mol. The van der Waals surface area contributed by atoms with Gasteiger partial charge in [0.05, 0.1) is 0 Å². The highest BCUT2D eigenvalue weighted by Crippen LogP contribution is 2.36. The highest BCUT2D eigenvalue weighted by atomic mass is 16.6. The Labute approximate surface area is 161 Å². The summed E-state index contributed by atoms with van der Waals surface area (Å²) in [7, 11) is 0. The van der Waals surface area contributed by atoms with Crippen LogP contribution in [-0.2, 0) is 9.53 Å². The van der Waals surface area contributed by atoms with E-state index in [1.807, 2.05) is 30.3 Å². The first-order chi connectivity index (χ1) is 13.1. The largest absolute Gasteiger partial charge is 0.458 e. The Kier molecular flexibility index (Phi) is 5.52. The molecule has 3 saturated heterocycles. The quantitative estimate of drug-likeness (QED) is 0.659. The lowest BCUT2D eigenvalue weighted by Crippen LogP contribution is -2.55. The number of benzene rings is 1. The predicted octanol–water partition coefficient (Wildman–Crippen LogP) is 2.99. The fourth-order valence-corrected chi connectivity index (χ4v) is 4.80. The van der Waals surface area contributed by atoms with Crippen LogP contribution in [0.15, 0.2) is 30.3 Å². The molecule has 0 radical (unpaired) electrons. The number of hydrogen-bond donors (Lipinski definition) is 1. The molecule has 4 fully saturated rings. The van der Waals surface area contributed by atoms with Crippen LogP contribution in [0.1, 0.15) is 50.5 Å². The van der Waals surface area contributed by atoms with Crippen molar-refractivity contribution in [3.63, 3.8) is 0 Å². The molecule has 0 aromatic heterocycles. The fraction of sp³-hybridized carbons (Fsp3) is 0.609. The van der Waals surface area contributed by atoms with Crippen LogP contribution in [0.25, 0.3) is 0 Å². The maximum absolute atomic E-state index is 13.1. The molecular formula is C23H29NO3. The summed E-state index contributed by atoms with van der Waals surface area (Å²) in [6, 6.07) is 9.55. The van der Waals surface area contributed by atoms with Gasteiger partial charge in [-0.2, -0.15) is 0 Å². The Hall–Kier alpha value is -1.83. The summed E-state index contributed by atoms with van der Waals surface area (Å²) < 4.78 is 5.90. The van der Waals surface area contributed by atoms with Crippen LogP contribution in [0.4, 0.5) is 0 Å². The van der Waals surface area contributed by atoms with E-state index >= 15 is 0 Å². The number of carbonyl (C=O) groups is 1. The second-order valence-corrected chi connectivity index (χ2v) is 8.30. The van der Waals surface area contributed by atoms with Gasteiger partial charge in [0, 0.05) is 18.0 Å². The third-order valence-corrected chi connectivity index (χ3v) is 6.53. The van der Waals surface area contributed by atoms with E-state index in [9.17, 15) is 9.90 Å². The minimum Gasteiger partial charge on any atom is -0.458 e. The molecule has 0 amide bonds. The van der Waals surface area contributed by atoms with E-state index in [4.69, 9.17) is 4.74 Å². The summed E-state index contributed by atoms with van der Waals surface area (Å²) in [6.45, 7) is 2.99. The van der Waals surface area contributed by atoms with Crippen molar-refractivity contribution in [2.45, 2.75) is 56.7 Å². The maximum Gasteiger partial charge on any atom is 0.351 e. The number of carbonyl (C=O) groups excluding carboxylic acids is 1. The first-order valence-electron chi connectivity index (χ1n) is 10.4. The smallest absolute Gasteiger partial charge is 0.351 e. The van der Waals surface area contributed by atoms with Gasteiger partial charge in [-0.15, -0.1) is 0 Å². The second kappa shape index (κ2) is 8.04. The topological polar surface area (TPSA) is 49.8 Å². The van der Waals surface area contributed by atoms with Gasteiger partial charge in [0.15, 0.2) is 0 Å². The molecule has 0 spiro atoms. The minimum absolute atomic E-state index is 0.103. The third-order valence-electron chi connectivity index (χ3n) is 6.53. The van der Waals surface area contributed by atoms with Gasteiger partial charge in [0.25, 0.3) is 0 Å². The monoisotopic (exact) mass is 367 g/mol. The Morgan fingerprint density at radius 1 is 1.07 bits per heavy atom. The molecular weight excluding hydrogens is 338 g/mol. The highest BCUT2D eigenvalue weighted by Gasteiger charge is 2.47. The fourth-order valence-electron chi connectivity index (χ4n) is 4.80. The van der Waals surface area contributed by atoms with E-state index in [1.165, 1.54) is 0 Å². The molecule has 4 aliphatic rings. The number of fused-ring (bicyclic) bond motifs is 3. The lowest BCUT2D eigenvalue weighted by Gasteiger charge is -2.45. The normalized spacial score (nSPS) is 30.0. The number of rotatable bonds is 3. The van der Waals surface area contributed by atoms with E-state index in [0.29, 0.717) is 5.92 Å². The van der Waals surface area contributed by atoms with Gasteiger partial charge >= 0.3 is 5.97 Å². The van der Waals surface area contributed by atoms with Gasteiger partial charge < -0.3 is 9.84 Å². The molecule has 2 unspecified atom stereocenters. The molecule has 2 bridgehead atoms. The molecule has 27 heavy (non-hydrogen) atoms. The summed E-state index contributed by atoms with van der Waals surface area (Å²) >= 11 is 0. The summed E-state index contributed by atoms with van der Waals surface area (Å²) in [5.74, 6) is 5.71. The van der Waals surface area contributed by atoms with Crippen LogP contribution in [0, 0.1) is 23.7 Å². The molecule has 2 atom stereocenters. The molecule has 3 aliphatic heterocycles. The Balaban J connectivity index is 1.55. The van der Waals surface area contributed by atoms with E-state index in [-0.39, 0.29) is 12.0 Å². The summed E-state index contributed by atoms with van der Waals surface area (Å²) in [4.78, 5) is 15.5. The van der Waals surface area contributed by atoms with Crippen LogP contribution >= 0.6 is 0 Å². The van der Waals surface area contributed by atoms with Crippen molar-refractivity contribution in [1.29, 1.82) is 0 Å². The Morgan fingerprint density at radius 3 is 2.41 bits per heavy atom. The van der Waals surface area contributed by atoms with Crippen molar-refractivity contribution in [1.82, 2.24) is 4.90 Å². The Bertz CT molecular complexity index is 708. The minimum atomic E-state index is -1.71. The summed E-state index contributed by atoms with van der Waals surface area (Å²) in [5, 5.41) is 11.4. The van der Waals surface area contributed by atoms with Gasteiger partial charge in [-0.3, -0.25) is 4.90 Å². The first-order valence-corrected chi connectivity index (χ1v) is 10.4. The van der Waals surface area contributed by atoms with Crippen LogP contribution in [-0.4, -0.2) is 47.3 Å². The standard InChI is InChI=1S/C23H29NO3/c25-22(27-21-17-24-15-12-19(21)13-16-24)23(26,20-9-5-2-6-10-20)14-11-18-7-3-1-4-8-18/h1,3-4,7-8,19-21,26H,2,5-6,9-10,12-13,15-17H2. The average Bonchev–Trinajstić information content (AvgIpc) is 2.74. The molecule has 1 aromatic rings.